The maximum Gasteiger partial charge on any atom is 0.265 e. The number of halogens is 1. The van der Waals surface area contributed by atoms with Gasteiger partial charge in [-0.3, -0.25) is 14.5 Å². The highest BCUT2D eigenvalue weighted by Gasteiger charge is 2.28. The van der Waals surface area contributed by atoms with Crippen LogP contribution in [-0.2, 0) is 4.79 Å². The number of hydrogen-bond acceptors (Lipinski definition) is 5. The van der Waals surface area contributed by atoms with Crippen molar-refractivity contribution in [2.45, 2.75) is 31.7 Å². The molecule has 7 nitrogen and oxygen atoms in total. The monoisotopic (exact) mass is 385 g/mol. The number of aromatic nitrogens is 2. The molecule has 0 bridgehead atoms. The Morgan fingerprint density at radius 1 is 1.52 bits per heavy atom. The Bertz CT molecular complexity index is 919. The molecule has 3 heterocycles. The maximum atomic E-state index is 12.6. The largest absolute Gasteiger partial charge is 0.328 e. The Morgan fingerprint density at radius 2 is 2.33 bits per heavy atom. The highest BCUT2D eigenvalue weighted by atomic mass is 35.5. The standard InChI is InChI=1S/C19H20ClN5O2/c1-12(18(26)24-17-5-4-16(20)10-22-17)25-6-2-3-13(11-25)15-7-14(8-21)19(27)23-9-15/h4-5,7,9-10,12-13H,2-3,6,11H2,1H3,(H,23,27)(H,22,24,26)/t12-,13+/m0/s1. The van der Waals surface area contributed by atoms with Gasteiger partial charge in [0, 0.05) is 18.9 Å². The number of carbonyl (C=O) groups excluding carboxylic acids is 1. The van der Waals surface area contributed by atoms with Gasteiger partial charge >= 0.3 is 0 Å². The van der Waals surface area contributed by atoms with Crippen LogP contribution in [0.1, 0.15) is 36.8 Å². The van der Waals surface area contributed by atoms with Gasteiger partial charge in [-0.1, -0.05) is 11.6 Å². The predicted octanol–water partition coefficient (Wildman–Crippen LogP) is 2.50. The number of nitrogens with zero attached hydrogens (tertiary/aromatic N) is 3. The third-order valence-corrected chi connectivity index (χ3v) is 5.10. The van der Waals surface area contributed by atoms with Gasteiger partial charge in [0.25, 0.3) is 5.56 Å². The number of amides is 1. The summed E-state index contributed by atoms with van der Waals surface area (Å²) in [4.78, 5) is 33.0. The number of pyridine rings is 2. The first-order valence-corrected chi connectivity index (χ1v) is 9.15. The molecule has 1 fully saturated rings. The van der Waals surface area contributed by atoms with Crippen molar-refractivity contribution >= 4 is 23.3 Å². The van der Waals surface area contributed by atoms with Crippen LogP contribution in [0.25, 0.3) is 0 Å². The third kappa shape index (κ3) is 4.54. The Balaban J connectivity index is 1.68. The van der Waals surface area contributed by atoms with Crippen LogP contribution in [0.2, 0.25) is 5.02 Å². The van der Waals surface area contributed by atoms with Crippen LogP contribution < -0.4 is 10.9 Å². The number of nitrogens with one attached hydrogen (secondary N) is 2. The lowest BCUT2D eigenvalue weighted by Gasteiger charge is -2.36. The van der Waals surface area contributed by atoms with E-state index < -0.39 is 0 Å². The van der Waals surface area contributed by atoms with Gasteiger partial charge in [0.05, 0.1) is 11.1 Å². The van der Waals surface area contributed by atoms with Gasteiger partial charge in [0.15, 0.2) is 0 Å². The number of likely N-dealkylation sites (tertiary alicyclic amines) is 1. The smallest absolute Gasteiger partial charge is 0.265 e. The van der Waals surface area contributed by atoms with Crippen molar-refractivity contribution in [1.29, 1.82) is 5.26 Å². The summed E-state index contributed by atoms with van der Waals surface area (Å²) in [5.41, 5.74) is 0.657. The summed E-state index contributed by atoms with van der Waals surface area (Å²) in [5.74, 6) is 0.486. The molecule has 0 unspecified atom stereocenters. The van der Waals surface area contributed by atoms with Crippen molar-refractivity contribution in [2.24, 2.45) is 0 Å². The first-order valence-electron chi connectivity index (χ1n) is 8.77. The van der Waals surface area contributed by atoms with Crippen molar-refractivity contribution in [1.82, 2.24) is 14.9 Å². The van der Waals surface area contributed by atoms with Gasteiger partial charge in [0.2, 0.25) is 5.91 Å². The fourth-order valence-electron chi connectivity index (χ4n) is 3.30. The van der Waals surface area contributed by atoms with Crippen LogP contribution >= 0.6 is 11.6 Å². The molecule has 2 atom stereocenters. The summed E-state index contributed by atoms with van der Waals surface area (Å²) in [5, 5.41) is 12.4. The molecule has 2 aromatic heterocycles. The molecule has 0 radical (unpaired) electrons. The summed E-state index contributed by atoms with van der Waals surface area (Å²) in [7, 11) is 0. The number of hydrogen-bond donors (Lipinski definition) is 2. The van der Waals surface area contributed by atoms with E-state index in [1.165, 1.54) is 6.20 Å². The Morgan fingerprint density at radius 3 is 3.04 bits per heavy atom. The normalized spacial score (nSPS) is 18.5. The number of carbonyl (C=O) groups is 1. The number of rotatable bonds is 4. The van der Waals surface area contributed by atoms with Crippen molar-refractivity contribution in [2.75, 3.05) is 18.4 Å². The van der Waals surface area contributed by atoms with E-state index in [-0.39, 0.29) is 29.0 Å². The van der Waals surface area contributed by atoms with E-state index in [9.17, 15) is 9.59 Å². The van der Waals surface area contributed by atoms with Crippen molar-refractivity contribution in [3.8, 4) is 6.07 Å². The zero-order valence-electron chi connectivity index (χ0n) is 14.9. The zero-order chi connectivity index (χ0) is 19.4. The van der Waals surface area contributed by atoms with E-state index >= 15 is 0 Å². The van der Waals surface area contributed by atoms with E-state index in [1.807, 2.05) is 13.0 Å². The van der Waals surface area contributed by atoms with Crippen molar-refractivity contribution in [3.05, 3.63) is 57.1 Å². The third-order valence-electron chi connectivity index (χ3n) is 4.88. The van der Waals surface area contributed by atoms with Crippen LogP contribution in [0.5, 0.6) is 0 Å². The van der Waals surface area contributed by atoms with Gasteiger partial charge < -0.3 is 10.3 Å². The molecule has 8 heteroatoms. The minimum Gasteiger partial charge on any atom is -0.328 e. The lowest BCUT2D eigenvalue weighted by Crippen LogP contribution is -2.46. The van der Waals surface area contributed by atoms with Crippen LogP contribution in [-0.4, -0.2) is 39.9 Å². The SMILES string of the molecule is C[C@@H](C(=O)Nc1ccc(Cl)cn1)N1CCC[C@@H](c2c[nH]c(=O)c(C#N)c2)C1. The van der Waals surface area contributed by atoms with E-state index in [2.05, 4.69) is 20.2 Å². The van der Waals surface area contributed by atoms with E-state index in [0.29, 0.717) is 17.4 Å². The Hall–Kier alpha value is -2.69. The van der Waals surface area contributed by atoms with Crippen LogP contribution in [0, 0.1) is 11.3 Å². The minimum atomic E-state index is -0.378. The van der Waals surface area contributed by atoms with Crippen molar-refractivity contribution < 1.29 is 4.79 Å². The topological polar surface area (TPSA) is 102 Å². The summed E-state index contributed by atoms with van der Waals surface area (Å²) in [6.45, 7) is 3.36. The van der Waals surface area contributed by atoms with Gasteiger partial charge in [-0.25, -0.2) is 4.98 Å². The summed E-state index contributed by atoms with van der Waals surface area (Å²) in [6, 6.07) is 6.58. The van der Waals surface area contributed by atoms with E-state index in [4.69, 9.17) is 16.9 Å². The second-order valence-electron chi connectivity index (χ2n) is 6.65. The molecule has 2 aromatic rings. The molecular formula is C19H20ClN5O2. The second-order valence-corrected chi connectivity index (χ2v) is 7.09. The maximum absolute atomic E-state index is 12.6. The van der Waals surface area contributed by atoms with Gasteiger partial charge in [-0.05, 0) is 56.0 Å². The minimum absolute atomic E-state index is 0.115. The number of aromatic amines is 1. The van der Waals surface area contributed by atoms with Gasteiger partial charge in [0.1, 0.15) is 17.5 Å². The number of piperidine rings is 1. The molecule has 2 N–H and O–H groups in total. The first-order chi connectivity index (χ1) is 13.0. The molecule has 1 aliphatic heterocycles. The highest BCUT2D eigenvalue weighted by Crippen LogP contribution is 2.27. The molecule has 1 aliphatic rings. The van der Waals surface area contributed by atoms with Crippen molar-refractivity contribution in [3.63, 3.8) is 0 Å². The quantitative estimate of drug-likeness (QED) is 0.841. The molecule has 1 saturated heterocycles. The van der Waals surface area contributed by atoms with Crippen LogP contribution in [0.4, 0.5) is 5.82 Å². The Kier molecular flexibility index (Phi) is 5.89. The second kappa shape index (κ2) is 8.33. The lowest BCUT2D eigenvalue weighted by molar-refractivity contribution is -0.121. The van der Waals surface area contributed by atoms with E-state index in [1.54, 1.807) is 24.4 Å². The summed E-state index contributed by atoms with van der Waals surface area (Å²) in [6.07, 6.45) is 5.03. The van der Waals surface area contributed by atoms with Gasteiger partial charge in [-0.15, -0.1) is 0 Å². The fraction of sp³-hybridized carbons (Fsp3) is 0.368. The molecule has 27 heavy (non-hydrogen) atoms. The zero-order valence-corrected chi connectivity index (χ0v) is 15.7. The first kappa shape index (κ1) is 19.1. The molecule has 3 rings (SSSR count). The lowest BCUT2D eigenvalue weighted by atomic mass is 9.90. The predicted molar refractivity (Wildman–Crippen MR) is 103 cm³/mol. The van der Waals surface area contributed by atoms with Crippen LogP contribution in [0.3, 0.4) is 0 Å². The number of anilines is 1. The Labute approximate surface area is 162 Å². The van der Waals surface area contributed by atoms with Crippen LogP contribution in [0.15, 0.2) is 35.4 Å². The van der Waals surface area contributed by atoms with Gasteiger partial charge in [-0.2, -0.15) is 5.26 Å². The average molecular weight is 386 g/mol. The molecule has 140 valence electrons. The average Bonchev–Trinajstić information content (AvgIpc) is 2.69. The van der Waals surface area contributed by atoms with E-state index in [0.717, 1.165) is 24.9 Å². The molecule has 0 spiro atoms. The molecule has 1 amide bonds. The molecule has 0 saturated carbocycles. The summed E-state index contributed by atoms with van der Waals surface area (Å²) >= 11 is 5.81. The highest BCUT2D eigenvalue weighted by molar-refractivity contribution is 6.30. The molecule has 0 aromatic carbocycles. The summed E-state index contributed by atoms with van der Waals surface area (Å²) < 4.78 is 0. The molecular weight excluding hydrogens is 366 g/mol. The molecule has 0 aliphatic carbocycles. The fourth-order valence-corrected chi connectivity index (χ4v) is 3.41. The number of nitriles is 1. The number of H-pyrrole nitrogens is 1.